The highest BCUT2D eigenvalue weighted by atomic mass is 19.4. The number of hydrogen-bond acceptors (Lipinski definition) is 3. The third-order valence-corrected chi connectivity index (χ3v) is 2.54. The van der Waals surface area contributed by atoms with Gasteiger partial charge in [0.2, 0.25) is 0 Å². The van der Waals surface area contributed by atoms with Crippen LogP contribution in [0, 0.1) is 0 Å². The number of halogens is 3. The number of alkyl halides is 3. The molecule has 0 aliphatic carbocycles. The van der Waals surface area contributed by atoms with Crippen LogP contribution in [-0.4, -0.2) is 26.3 Å². The van der Waals surface area contributed by atoms with Crippen LogP contribution in [-0.2, 0) is 0 Å². The molecule has 4 nitrogen and oxygen atoms in total. The summed E-state index contributed by atoms with van der Waals surface area (Å²) in [6.07, 6.45) is -5.74. The number of para-hydroxylation sites is 1. The Bertz CT molecular complexity index is 525. The standard InChI is InChI=1S/C12H12F3N3O/c13-12(14,15)7-6-11(19)10-8-16-18(17-10)9-4-2-1-3-5-9/h1-5,8,11,19H,6-7H2. The molecule has 0 bridgehead atoms. The van der Waals surface area contributed by atoms with Crippen LogP contribution in [0.4, 0.5) is 13.2 Å². The van der Waals surface area contributed by atoms with E-state index < -0.39 is 25.1 Å². The van der Waals surface area contributed by atoms with Crippen molar-refractivity contribution in [1.29, 1.82) is 0 Å². The summed E-state index contributed by atoms with van der Waals surface area (Å²) < 4.78 is 36.1. The van der Waals surface area contributed by atoms with E-state index in [9.17, 15) is 18.3 Å². The van der Waals surface area contributed by atoms with Gasteiger partial charge in [0.15, 0.2) is 0 Å². The zero-order valence-corrected chi connectivity index (χ0v) is 9.88. The summed E-state index contributed by atoms with van der Waals surface area (Å²) in [7, 11) is 0. The van der Waals surface area contributed by atoms with E-state index in [-0.39, 0.29) is 5.69 Å². The van der Waals surface area contributed by atoms with Gasteiger partial charge in [-0.25, -0.2) is 0 Å². The minimum absolute atomic E-state index is 0.133. The molecule has 7 heteroatoms. The van der Waals surface area contributed by atoms with Crippen molar-refractivity contribution < 1.29 is 18.3 Å². The van der Waals surface area contributed by atoms with Crippen molar-refractivity contribution in [3.05, 3.63) is 42.2 Å². The van der Waals surface area contributed by atoms with E-state index in [1.54, 1.807) is 24.3 Å². The van der Waals surface area contributed by atoms with Crippen LogP contribution in [0.5, 0.6) is 0 Å². The van der Waals surface area contributed by atoms with Crippen molar-refractivity contribution in [2.75, 3.05) is 0 Å². The van der Waals surface area contributed by atoms with Crippen LogP contribution in [0.25, 0.3) is 5.69 Å². The summed E-state index contributed by atoms with van der Waals surface area (Å²) in [5.41, 5.74) is 0.810. The second-order valence-corrected chi connectivity index (χ2v) is 4.06. The number of aliphatic hydroxyl groups is 1. The normalized spacial score (nSPS) is 13.5. The highest BCUT2D eigenvalue weighted by molar-refractivity contribution is 5.28. The Hall–Kier alpha value is -1.89. The minimum Gasteiger partial charge on any atom is -0.387 e. The van der Waals surface area contributed by atoms with Crippen molar-refractivity contribution in [3.63, 3.8) is 0 Å². The van der Waals surface area contributed by atoms with E-state index in [4.69, 9.17) is 0 Å². The highest BCUT2D eigenvalue weighted by Gasteiger charge is 2.28. The van der Waals surface area contributed by atoms with Gasteiger partial charge in [-0.05, 0) is 18.6 Å². The van der Waals surface area contributed by atoms with Crippen molar-refractivity contribution >= 4 is 0 Å². The number of hydrogen-bond donors (Lipinski definition) is 1. The molecule has 0 aliphatic heterocycles. The van der Waals surface area contributed by atoms with E-state index in [1.807, 2.05) is 6.07 Å². The lowest BCUT2D eigenvalue weighted by molar-refractivity contribution is -0.140. The third-order valence-electron chi connectivity index (χ3n) is 2.54. The number of nitrogens with zero attached hydrogens (tertiary/aromatic N) is 3. The van der Waals surface area contributed by atoms with Crippen molar-refractivity contribution in [1.82, 2.24) is 15.0 Å². The Balaban J connectivity index is 2.05. The number of benzene rings is 1. The molecule has 0 saturated heterocycles. The molecule has 0 amide bonds. The van der Waals surface area contributed by atoms with Crippen LogP contribution in [0.15, 0.2) is 36.5 Å². The molecule has 0 fully saturated rings. The van der Waals surface area contributed by atoms with Gasteiger partial charge in [-0.3, -0.25) is 0 Å². The van der Waals surface area contributed by atoms with Crippen LogP contribution < -0.4 is 0 Å². The summed E-state index contributed by atoms with van der Waals surface area (Å²) in [4.78, 5) is 1.27. The number of aliphatic hydroxyl groups excluding tert-OH is 1. The Kier molecular flexibility index (Phi) is 3.84. The quantitative estimate of drug-likeness (QED) is 0.930. The van der Waals surface area contributed by atoms with E-state index in [1.165, 1.54) is 11.0 Å². The number of aromatic nitrogens is 3. The molecule has 1 aromatic carbocycles. The van der Waals surface area contributed by atoms with Crippen LogP contribution in [0.1, 0.15) is 24.6 Å². The summed E-state index contributed by atoms with van der Waals surface area (Å²) in [5.74, 6) is 0. The van der Waals surface area contributed by atoms with Gasteiger partial charge in [0.25, 0.3) is 0 Å². The first kappa shape index (κ1) is 13.5. The summed E-state index contributed by atoms with van der Waals surface area (Å²) in [6, 6.07) is 8.92. The average molecular weight is 271 g/mol. The predicted octanol–water partition coefficient (Wildman–Crippen LogP) is 2.64. The largest absolute Gasteiger partial charge is 0.389 e. The Labute approximate surface area is 107 Å². The van der Waals surface area contributed by atoms with E-state index >= 15 is 0 Å². The van der Waals surface area contributed by atoms with Crippen LogP contribution in [0.2, 0.25) is 0 Å². The molecular weight excluding hydrogens is 259 g/mol. The molecule has 2 rings (SSSR count). The van der Waals surface area contributed by atoms with Gasteiger partial charge in [0.05, 0.1) is 18.0 Å². The summed E-state index contributed by atoms with van der Waals surface area (Å²) in [5, 5.41) is 17.5. The molecule has 2 aromatic rings. The zero-order valence-electron chi connectivity index (χ0n) is 9.88. The SMILES string of the molecule is OC(CCC(F)(F)F)c1cnn(-c2ccccc2)n1. The molecule has 1 aromatic heterocycles. The molecule has 0 spiro atoms. The molecule has 1 atom stereocenters. The second kappa shape index (κ2) is 5.40. The molecule has 19 heavy (non-hydrogen) atoms. The molecule has 0 saturated carbocycles. The fraction of sp³-hybridized carbons (Fsp3) is 0.333. The zero-order chi connectivity index (χ0) is 13.9. The Morgan fingerprint density at radius 2 is 1.89 bits per heavy atom. The lowest BCUT2D eigenvalue weighted by Gasteiger charge is -2.09. The smallest absolute Gasteiger partial charge is 0.387 e. The lowest BCUT2D eigenvalue weighted by atomic mass is 10.1. The van der Waals surface area contributed by atoms with Crippen molar-refractivity contribution in [2.24, 2.45) is 0 Å². The highest BCUT2D eigenvalue weighted by Crippen LogP contribution is 2.26. The van der Waals surface area contributed by atoms with Crippen LogP contribution in [0.3, 0.4) is 0 Å². The molecule has 1 unspecified atom stereocenters. The van der Waals surface area contributed by atoms with Crippen LogP contribution >= 0.6 is 0 Å². The fourth-order valence-corrected chi connectivity index (χ4v) is 1.56. The molecule has 0 radical (unpaired) electrons. The maximum absolute atomic E-state index is 12.0. The number of rotatable bonds is 4. The van der Waals surface area contributed by atoms with Gasteiger partial charge >= 0.3 is 6.18 Å². The van der Waals surface area contributed by atoms with Gasteiger partial charge in [0.1, 0.15) is 5.69 Å². The fourth-order valence-electron chi connectivity index (χ4n) is 1.56. The Morgan fingerprint density at radius 1 is 1.21 bits per heavy atom. The van der Waals surface area contributed by atoms with E-state index in [0.717, 1.165) is 0 Å². The van der Waals surface area contributed by atoms with E-state index in [0.29, 0.717) is 5.69 Å². The first-order valence-corrected chi connectivity index (χ1v) is 5.68. The molecule has 102 valence electrons. The minimum atomic E-state index is -4.28. The maximum atomic E-state index is 12.0. The van der Waals surface area contributed by atoms with Gasteiger partial charge in [-0.1, -0.05) is 18.2 Å². The predicted molar refractivity (Wildman–Crippen MR) is 61.6 cm³/mol. The lowest BCUT2D eigenvalue weighted by Crippen LogP contribution is -2.10. The second-order valence-electron chi connectivity index (χ2n) is 4.06. The van der Waals surface area contributed by atoms with Gasteiger partial charge in [0, 0.05) is 6.42 Å². The summed E-state index contributed by atoms with van der Waals surface area (Å²) >= 11 is 0. The van der Waals surface area contributed by atoms with Gasteiger partial charge in [-0.15, -0.1) is 0 Å². The van der Waals surface area contributed by atoms with Crippen molar-refractivity contribution in [2.45, 2.75) is 25.1 Å². The molecule has 1 heterocycles. The molecule has 0 aliphatic rings. The molecular formula is C12H12F3N3O. The van der Waals surface area contributed by atoms with Crippen molar-refractivity contribution in [3.8, 4) is 5.69 Å². The maximum Gasteiger partial charge on any atom is 0.389 e. The first-order valence-electron chi connectivity index (χ1n) is 5.68. The first-order chi connectivity index (χ1) is 8.96. The van der Waals surface area contributed by atoms with Gasteiger partial charge < -0.3 is 5.11 Å². The monoisotopic (exact) mass is 271 g/mol. The molecule has 1 N–H and O–H groups in total. The average Bonchev–Trinajstić information content (AvgIpc) is 2.86. The Morgan fingerprint density at radius 3 is 2.53 bits per heavy atom. The van der Waals surface area contributed by atoms with E-state index in [2.05, 4.69) is 10.2 Å². The van der Waals surface area contributed by atoms with Gasteiger partial charge in [-0.2, -0.15) is 28.2 Å². The third kappa shape index (κ3) is 3.78. The topological polar surface area (TPSA) is 50.9 Å². The summed E-state index contributed by atoms with van der Waals surface area (Å²) in [6.45, 7) is 0.